The molecule has 0 bridgehead atoms. The lowest BCUT2D eigenvalue weighted by atomic mass is 10.1. The first-order valence-corrected chi connectivity index (χ1v) is 15.3. The van der Waals surface area contributed by atoms with Gasteiger partial charge in [0.1, 0.15) is 23.3 Å². The summed E-state index contributed by atoms with van der Waals surface area (Å²) in [5.74, 6) is 0.715. The Morgan fingerprint density at radius 2 is 1.27 bits per heavy atom. The molecule has 0 heterocycles. The third-order valence-corrected chi connectivity index (χ3v) is 8.57. The van der Waals surface area contributed by atoms with Crippen molar-refractivity contribution in [3.8, 4) is 23.6 Å². The highest BCUT2D eigenvalue weighted by molar-refractivity contribution is 8.02. The van der Waals surface area contributed by atoms with Crippen LogP contribution in [0.25, 0.3) is 0 Å². The van der Waals surface area contributed by atoms with E-state index < -0.39 is 0 Å². The maximum Gasteiger partial charge on any atom is 0.153 e. The van der Waals surface area contributed by atoms with Crippen LogP contribution in [0.4, 0.5) is 5.69 Å². The van der Waals surface area contributed by atoms with E-state index in [1.54, 1.807) is 0 Å². The molecule has 0 aliphatic carbocycles. The molecule has 0 fully saturated rings. The minimum absolute atomic E-state index is 0.144. The van der Waals surface area contributed by atoms with Gasteiger partial charge in [0.05, 0.1) is 23.0 Å². The lowest BCUT2D eigenvalue weighted by Gasteiger charge is -2.22. The molecule has 0 unspecified atom stereocenters. The topological polar surface area (TPSA) is 111 Å². The van der Waals surface area contributed by atoms with Gasteiger partial charge in [0, 0.05) is 54.7 Å². The van der Waals surface area contributed by atoms with Crippen molar-refractivity contribution in [3.63, 3.8) is 0 Å². The van der Waals surface area contributed by atoms with Crippen LogP contribution >= 0.6 is 23.5 Å². The summed E-state index contributed by atoms with van der Waals surface area (Å²) < 4.78 is 23.6. The van der Waals surface area contributed by atoms with E-state index in [0.717, 1.165) is 20.9 Å². The molecule has 0 aliphatic rings. The molecule has 0 saturated heterocycles. The van der Waals surface area contributed by atoms with Crippen LogP contribution in [0.15, 0.2) is 62.0 Å². The number of aryl methyl sites for hydroxylation is 2. The van der Waals surface area contributed by atoms with Gasteiger partial charge in [0.2, 0.25) is 0 Å². The fraction of sp³-hybridized carbons (Fsp3) is 0.375. The van der Waals surface area contributed by atoms with Crippen molar-refractivity contribution >= 4 is 29.2 Å². The summed E-state index contributed by atoms with van der Waals surface area (Å²) in [5, 5.41) is 20.6. The highest BCUT2D eigenvalue weighted by Crippen LogP contribution is 2.53. The average molecular weight is 592 g/mol. The van der Waals surface area contributed by atoms with Crippen LogP contribution in [-0.4, -0.2) is 39.6 Å². The summed E-state index contributed by atoms with van der Waals surface area (Å²) in [6, 6.07) is 18.3. The third kappa shape index (κ3) is 8.82. The number of nitriles is 2. The number of nitrogens with two attached hydrogens (primary N) is 1. The SMILES string of the molecule is CCOCCCOc1c(C#N)c(C#N)c(OCCCOCC)c(Sc2ccccc2N)c1Sc1ccc(C)cc1C. The predicted octanol–water partition coefficient (Wildman–Crippen LogP) is 7.54. The van der Waals surface area contributed by atoms with E-state index in [1.165, 1.54) is 23.5 Å². The van der Waals surface area contributed by atoms with Gasteiger partial charge in [-0.15, -0.1) is 0 Å². The fourth-order valence-electron chi connectivity index (χ4n) is 4.00. The van der Waals surface area contributed by atoms with Gasteiger partial charge in [-0.2, -0.15) is 10.5 Å². The lowest BCUT2D eigenvalue weighted by molar-refractivity contribution is 0.129. The van der Waals surface area contributed by atoms with Crippen molar-refractivity contribution in [2.45, 2.75) is 60.1 Å². The number of benzene rings is 3. The third-order valence-electron chi connectivity index (χ3n) is 5.99. The number of hydrogen-bond donors (Lipinski definition) is 1. The molecule has 0 atom stereocenters. The molecule has 3 aromatic carbocycles. The minimum atomic E-state index is 0.144. The molecule has 0 spiro atoms. The van der Waals surface area contributed by atoms with E-state index in [-0.39, 0.29) is 11.1 Å². The molecule has 0 radical (unpaired) electrons. The molecule has 216 valence electrons. The van der Waals surface area contributed by atoms with Crippen molar-refractivity contribution < 1.29 is 18.9 Å². The van der Waals surface area contributed by atoms with Gasteiger partial charge in [-0.05, 0) is 51.5 Å². The van der Waals surface area contributed by atoms with Crippen molar-refractivity contribution in [2.75, 3.05) is 45.4 Å². The molecule has 9 heteroatoms. The summed E-state index contributed by atoms with van der Waals surface area (Å²) in [5.41, 5.74) is 9.51. The van der Waals surface area contributed by atoms with Crippen LogP contribution in [0.5, 0.6) is 11.5 Å². The van der Waals surface area contributed by atoms with Gasteiger partial charge in [-0.25, -0.2) is 0 Å². The Labute approximate surface area is 251 Å². The molecule has 41 heavy (non-hydrogen) atoms. The molecule has 2 N–H and O–H groups in total. The number of anilines is 1. The van der Waals surface area contributed by atoms with E-state index in [2.05, 4.69) is 44.2 Å². The number of nitrogen functional groups attached to an aromatic ring is 1. The quantitative estimate of drug-likeness (QED) is 0.133. The van der Waals surface area contributed by atoms with Gasteiger partial charge in [0.15, 0.2) is 11.5 Å². The molecule has 0 amide bonds. The summed E-state index contributed by atoms with van der Waals surface area (Å²) in [7, 11) is 0. The second kappa shape index (κ2) is 16.8. The highest BCUT2D eigenvalue weighted by Gasteiger charge is 2.29. The Balaban J connectivity index is 2.24. The van der Waals surface area contributed by atoms with Crippen molar-refractivity contribution in [1.29, 1.82) is 10.5 Å². The monoisotopic (exact) mass is 591 g/mol. The van der Waals surface area contributed by atoms with Crippen molar-refractivity contribution in [1.82, 2.24) is 0 Å². The molecular weight excluding hydrogens is 555 g/mol. The summed E-state index contributed by atoms with van der Waals surface area (Å²) >= 11 is 2.90. The van der Waals surface area contributed by atoms with Crippen LogP contribution in [0.1, 0.15) is 48.9 Å². The standard InChI is InChI=1S/C32H37N3O4S2/c1-5-36-15-9-17-38-29-24(20-33)25(21-34)30(39-18-10-16-37-6-2)32(41-28-12-8-7-11-26(28)35)31(29)40-27-14-13-22(3)19-23(27)4/h7-8,11-14,19H,5-6,9-10,15-18,35H2,1-4H3. The molecule has 7 nitrogen and oxygen atoms in total. The number of para-hydroxylation sites is 1. The van der Waals surface area contributed by atoms with E-state index in [4.69, 9.17) is 24.7 Å². The molecule has 0 aromatic heterocycles. The Morgan fingerprint density at radius 1 is 0.732 bits per heavy atom. The number of ether oxygens (including phenoxy) is 4. The largest absolute Gasteiger partial charge is 0.491 e. The summed E-state index contributed by atoms with van der Waals surface area (Å²) in [6.45, 7) is 10.9. The zero-order chi connectivity index (χ0) is 29.6. The van der Waals surface area contributed by atoms with Crippen LogP contribution in [-0.2, 0) is 9.47 Å². The van der Waals surface area contributed by atoms with Gasteiger partial charge in [-0.1, -0.05) is 53.4 Å². The van der Waals surface area contributed by atoms with E-state index in [0.29, 0.717) is 79.5 Å². The maximum atomic E-state index is 10.3. The highest BCUT2D eigenvalue weighted by atomic mass is 32.2. The Hall–Kier alpha value is -3.34. The van der Waals surface area contributed by atoms with Crippen molar-refractivity contribution in [2.24, 2.45) is 0 Å². The number of rotatable bonds is 16. The lowest BCUT2D eigenvalue weighted by Crippen LogP contribution is -2.10. The van der Waals surface area contributed by atoms with Crippen LogP contribution in [0.3, 0.4) is 0 Å². The van der Waals surface area contributed by atoms with E-state index >= 15 is 0 Å². The van der Waals surface area contributed by atoms with Gasteiger partial charge < -0.3 is 24.7 Å². The zero-order valence-corrected chi connectivity index (χ0v) is 25.8. The van der Waals surface area contributed by atoms with Gasteiger partial charge in [0.25, 0.3) is 0 Å². The summed E-state index contributed by atoms with van der Waals surface area (Å²) in [6.07, 6.45) is 1.27. The normalized spacial score (nSPS) is 10.7. The molecule has 0 aliphatic heterocycles. The maximum absolute atomic E-state index is 10.3. The van der Waals surface area contributed by atoms with Gasteiger partial charge in [-0.3, -0.25) is 0 Å². The molecule has 0 saturated carbocycles. The van der Waals surface area contributed by atoms with Crippen LogP contribution in [0, 0.1) is 36.5 Å². The van der Waals surface area contributed by atoms with E-state index in [1.807, 2.05) is 38.1 Å². The minimum Gasteiger partial charge on any atom is -0.491 e. The number of nitrogens with zero attached hydrogens (tertiary/aromatic N) is 2. The predicted molar refractivity (Wildman–Crippen MR) is 164 cm³/mol. The zero-order valence-electron chi connectivity index (χ0n) is 24.1. The van der Waals surface area contributed by atoms with Crippen LogP contribution < -0.4 is 15.2 Å². The Kier molecular flexibility index (Phi) is 13.2. The first-order chi connectivity index (χ1) is 19.9. The summed E-state index contributed by atoms with van der Waals surface area (Å²) in [4.78, 5) is 3.20. The number of hydrogen-bond acceptors (Lipinski definition) is 9. The average Bonchev–Trinajstić information content (AvgIpc) is 2.96. The first-order valence-electron chi connectivity index (χ1n) is 13.7. The molecule has 3 rings (SSSR count). The van der Waals surface area contributed by atoms with Crippen LogP contribution in [0.2, 0.25) is 0 Å². The molecular formula is C32H37N3O4S2. The second-order valence-corrected chi connectivity index (χ2v) is 11.2. The Morgan fingerprint density at radius 3 is 1.76 bits per heavy atom. The first kappa shape index (κ1) is 32.2. The van der Waals surface area contributed by atoms with Gasteiger partial charge >= 0.3 is 0 Å². The fourth-order valence-corrected chi connectivity index (χ4v) is 6.26. The second-order valence-electron chi connectivity index (χ2n) is 9.10. The van der Waals surface area contributed by atoms with E-state index in [9.17, 15) is 10.5 Å². The smallest absolute Gasteiger partial charge is 0.153 e. The van der Waals surface area contributed by atoms with Crippen molar-refractivity contribution in [3.05, 3.63) is 64.7 Å². The molecule has 3 aromatic rings. The Bertz CT molecular complexity index is 1400.